The van der Waals surface area contributed by atoms with Crippen LogP contribution in [-0.2, 0) is 16.1 Å². The van der Waals surface area contributed by atoms with Crippen LogP contribution in [0.25, 0.3) is 0 Å². The fourth-order valence-corrected chi connectivity index (χ4v) is 4.67. The van der Waals surface area contributed by atoms with Crippen molar-refractivity contribution in [1.29, 1.82) is 0 Å². The average molecular weight is 377 g/mol. The Morgan fingerprint density at radius 2 is 1.89 bits per heavy atom. The zero-order chi connectivity index (χ0) is 19.1. The topological polar surface area (TPSA) is 59.4 Å². The lowest BCUT2D eigenvalue weighted by Crippen LogP contribution is -2.58. The minimum Gasteiger partial charge on any atom is -0.379 e. The summed E-state index contributed by atoms with van der Waals surface area (Å²) >= 11 is 0. The van der Waals surface area contributed by atoms with Crippen molar-refractivity contribution in [3.05, 3.63) is 17.5 Å². The monoisotopic (exact) mass is 376 g/mol. The van der Waals surface area contributed by atoms with Crippen molar-refractivity contribution in [3.63, 3.8) is 0 Å². The highest BCUT2D eigenvalue weighted by Crippen LogP contribution is 2.32. The molecule has 1 amide bonds. The fraction of sp³-hybridized carbons (Fsp3) is 0.810. The minimum absolute atomic E-state index is 0.131. The van der Waals surface area contributed by atoms with Gasteiger partial charge in [0.15, 0.2) is 0 Å². The normalized spacial score (nSPS) is 21.0. The number of morpholine rings is 1. The van der Waals surface area contributed by atoms with Gasteiger partial charge in [-0.1, -0.05) is 25.7 Å². The maximum atomic E-state index is 12.5. The highest BCUT2D eigenvalue weighted by molar-refractivity contribution is 5.75. The Morgan fingerprint density at radius 3 is 2.52 bits per heavy atom. The van der Waals surface area contributed by atoms with Crippen molar-refractivity contribution >= 4 is 5.91 Å². The van der Waals surface area contributed by atoms with Crippen LogP contribution in [0.1, 0.15) is 62.8 Å². The Morgan fingerprint density at radius 1 is 1.19 bits per heavy atom. The van der Waals surface area contributed by atoms with Gasteiger partial charge in [-0.25, -0.2) is 0 Å². The molecule has 1 saturated carbocycles. The molecule has 152 valence electrons. The maximum Gasteiger partial charge on any atom is 0.220 e. The van der Waals surface area contributed by atoms with E-state index in [0.717, 1.165) is 57.2 Å². The number of hydrogen-bond acceptors (Lipinski definition) is 4. The molecule has 1 aliphatic carbocycles. The quantitative estimate of drug-likeness (QED) is 0.744. The first-order chi connectivity index (χ1) is 13.1. The van der Waals surface area contributed by atoms with Crippen LogP contribution in [0.2, 0.25) is 0 Å². The number of rotatable bonds is 7. The molecule has 2 aliphatic rings. The SMILES string of the molecule is Cc1cc(C)n(CCCC(=O)NCC2(N3CCOCC3)CCCCCC2)n1. The van der Waals surface area contributed by atoms with Gasteiger partial charge in [0.1, 0.15) is 0 Å². The van der Waals surface area contributed by atoms with Crippen molar-refractivity contribution in [2.24, 2.45) is 0 Å². The summed E-state index contributed by atoms with van der Waals surface area (Å²) in [5.74, 6) is 0.174. The molecule has 1 aromatic rings. The van der Waals surface area contributed by atoms with Crippen LogP contribution >= 0.6 is 0 Å². The van der Waals surface area contributed by atoms with E-state index in [1.165, 1.54) is 38.5 Å². The summed E-state index contributed by atoms with van der Waals surface area (Å²) in [5.41, 5.74) is 2.33. The first-order valence-electron chi connectivity index (χ1n) is 10.7. The summed E-state index contributed by atoms with van der Waals surface area (Å²) in [6.07, 6.45) is 8.97. The van der Waals surface area contributed by atoms with E-state index in [1.807, 2.05) is 11.6 Å². The summed E-state index contributed by atoms with van der Waals surface area (Å²) < 4.78 is 7.56. The standard InChI is InChI=1S/C21H36N4O2/c1-18-16-19(2)25(23-18)11-7-8-20(26)22-17-21(9-5-3-4-6-10-21)24-12-14-27-15-13-24/h16H,3-15,17H2,1-2H3,(H,22,26). The highest BCUT2D eigenvalue weighted by Gasteiger charge is 2.37. The Bertz CT molecular complexity index is 599. The van der Waals surface area contributed by atoms with Gasteiger partial charge in [0.25, 0.3) is 0 Å². The number of amides is 1. The number of carbonyl (C=O) groups is 1. The first-order valence-corrected chi connectivity index (χ1v) is 10.7. The lowest BCUT2D eigenvalue weighted by molar-refractivity contribution is -0.122. The molecule has 1 saturated heterocycles. The molecule has 0 spiro atoms. The summed E-state index contributed by atoms with van der Waals surface area (Å²) in [7, 11) is 0. The van der Waals surface area contributed by atoms with Crippen molar-refractivity contribution < 1.29 is 9.53 Å². The summed E-state index contributed by atoms with van der Waals surface area (Å²) in [5, 5.41) is 7.75. The summed E-state index contributed by atoms with van der Waals surface area (Å²) in [6, 6.07) is 2.08. The lowest BCUT2D eigenvalue weighted by atomic mass is 9.87. The summed E-state index contributed by atoms with van der Waals surface area (Å²) in [4.78, 5) is 15.1. The van der Waals surface area contributed by atoms with E-state index in [4.69, 9.17) is 4.74 Å². The number of nitrogens with zero attached hydrogens (tertiary/aromatic N) is 3. The molecule has 6 nitrogen and oxygen atoms in total. The molecule has 2 heterocycles. The van der Waals surface area contributed by atoms with Crippen LogP contribution < -0.4 is 5.32 Å². The maximum absolute atomic E-state index is 12.5. The van der Waals surface area contributed by atoms with E-state index in [-0.39, 0.29) is 11.4 Å². The van der Waals surface area contributed by atoms with Crippen molar-refractivity contribution in [3.8, 4) is 0 Å². The molecule has 6 heteroatoms. The number of nitrogens with one attached hydrogen (secondary N) is 1. The third-order valence-corrected chi connectivity index (χ3v) is 6.21. The first kappa shape index (κ1) is 20.3. The fourth-order valence-electron chi connectivity index (χ4n) is 4.67. The number of hydrogen-bond donors (Lipinski definition) is 1. The number of ether oxygens (including phenoxy) is 1. The predicted molar refractivity (Wildman–Crippen MR) is 107 cm³/mol. The van der Waals surface area contributed by atoms with Gasteiger partial charge in [0, 0.05) is 43.8 Å². The van der Waals surface area contributed by atoms with E-state index in [9.17, 15) is 4.79 Å². The highest BCUT2D eigenvalue weighted by atomic mass is 16.5. The molecule has 0 atom stereocenters. The van der Waals surface area contributed by atoms with E-state index >= 15 is 0 Å². The van der Waals surface area contributed by atoms with Crippen molar-refractivity contribution in [1.82, 2.24) is 20.0 Å². The largest absolute Gasteiger partial charge is 0.379 e. The molecule has 3 rings (SSSR count). The Kier molecular flexibility index (Phi) is 7.30. The van der Waals surface area contributed by atoms with Crippen LogP contribution in [0.15, 0.2) is 6.07 Å². The zero-order valence-electron chi connectivity index (χ0n) is 17.1. The Labute approximate surface area is 163 Å². The molecule has 1 aliphatic heterocycles. The molecule has 0 unspecified atom stereocenters. The van der Waals surface area contributed by atoms with E-state index in [1.54, 1.807) is 0 Å². The molecular weight excluding hydrogens is 340 g/mol. The van der Waals surface area contributed by atoms with Crippen LogP contribution in [0, 0.1) is 13.8 Å². The van der Waals surface area contributed by atoms with Crippen LogP contribution in [0.4, 0.5) is 0 Å². The molecular formula is C21H36N4O2. The lowest BCUT2D eigenvalue weighted by Gasteiger charge is -2.45. The van der Waals surface area contributed by atoms with Crippen LogP contribution in [0.5, 0.6) is 0 Å². The van der Waals surface area contributed by atoms with Gasteiger partial charge >= 0.3 is 0 Å². The predicted octanol–water partition coefficient (Wildman–Crippen LogP) is 2.82. The summed E-state index contributed by atoms with van der Waals surface area (Å²) in [6.45, 7) is 9.29. The van der Waals surface area contributed by atoms with Gasteiger partial charge in [-0.3, -0.25) is 14.4 Å². The smallest absolute Gasteiger partial charge is 0.220 e. The minimum atomic E-state index is 0.131. The molecule has 27 heavy (non-hydrogen) atoms. The van der Waals surface area contributed by atoms with E-state index in [2.05, 4.69) is 28.3 Å². The van der Waals surface area contributed by atoms with Gasteiger partial charge < -0.3 is 10.1 Å². The molecule has 2 fully saturated rings. The molecule has 0 bridgehead atoms. The second kappa shape index (κ2) is 9.69. The van der Waals surface area contributed by atoms with Gasteiger partial charge in [-0.2, -0.15) is 5.10 Å². The van der Waals surface area contributed by atoms with Crippen LogP contribution in [0.3, 0.4) is 0 Å². The third-order valence-electron chi connectivity index (χ3n) is 6.21. The second-order valence-electron chi connectivity index (χ2n) is 8.27. The number of aromatic nitrogens is 2. The molecule has 0 aromatic carbocycles. The van der Waals surface area contributed by atoms with E-state index < -0.39 is 0 Å². The number of aryl methyl sites for hydroxylation is 3. The number of carbonyl (C=O) groups excluding carboxylic acids is 1. The average Bonchev–Trinajstić information content (AvgIpc) is 2.87. The van der Waals surface area contributed by atoms with Crippen molar-refractivity contribution in [2.45, 2.75) is 77.3 Å². The van der Waals surface area contributed by atoms with E-state index in [0.29, 0.717) is 6.42 Å². The Hall–Kier alpha value is -1.40. The van der Waals surface area contributed by atoms with Gasteiger partial charge in [-0.05, 0) is 39.2 Å². The third kappa shape index (κ3) is 5.55. The zero-order valence-corrected chi connectivity index (χ0v) is 17.1. The molecule has 0 radical (unpaired) electrons. The van der Waals surface area contributed by atoms with Gasteiger partial charge in [-0.15, -0.1) is 0 Å². The van der Waals surface area contributed by atoms with Gasteiger partial charge in [0.05, 0.1) is 18.9 Å². The second-order valence-corrected chi connectivity index (χ2v) is 8.27. The van der Waals surface area contributed by atoms with Crippen LogP contribution in [-0.4, -0.2) is 59.0 Å². The molecule has 1 N–H and O–H groups in total. The van der Waals surface area contributed by atoms with Gasteiger partial charge in [0.2, 0.25) is 5.91 Å². The van der Waals surface area contributed by atoms with Crippen molar-refractivity contribution in [2.75, 3.05) is 32.8 Å². The Balaban J connectivity index is 1.50. The molecule has 1 aromatic heterocycles.